The molecule has 2 rings (SSSR count). The zero-order valence-electron chi connectivity index (χ0n) is 11.3. The lowest BCUT2D eigenvalue weighted by Crippen LogP contribution is -2.15. The van der Waals surface area contributed by atoms with Crippen LogP contribution in [-0.4, -0.2) is 6.08 Å². The Kier molecular flexibility index (Phi) is 4.33. The van der Waals surface area contributed by atoms with Crippen molar-refractivity contribution in [1.82, 2.24) is 0 Å². The normalized spacial score (nSPS) is 18.1. The van der Waals surface area contributed by atoms with Gasteiger partial charge in [-0.15, -0.1) is 0 Å². The number of hydrogen-bond donors (Lipinski definition) is 0. The highest BCUT2D eigenvalue weighted by atomic mass is 16.1. The van der Waals surface area contributed by atoms with E-state index in [-0.39, 0.29) is 6.04 Å². The third-order valence-electron chi connectivity index (χ3n) is 4.03. The van der Waals surface area contributed by atoms with E-state index in [2.05, 4.69) is 37.0 Å². The molecule has 0 N–H and O–H groups in total. The Balaban J connectivity index is 2.31. The molecule has 1 aromatic rings. The Bertz CT molecular complexity index is 454. The molecular formula is C16H21NO. The highest BCUT2D eigenvalue weighted by Crippen LogP contribution is 2.38. The summed E-state index contributed by atoms with van der Waals surface area (Å²) in [5, 5.41) is 0. The van der Waals surface area contributed by atoms with Gasteiger partial charge in [0.1, 0.15) is 0 Å². The van der Waals surface area contributed by atoms with Gasteiger partial charge in [-0.1, -0.05) is 43.0 Å². The van der Waals surface area contributed by atoms with Gasteiger partial charge in [-0.2, -0.15) is 4.99 Å². The molecule has 0 spiro atoms. The molecule has 96 valence electrons. The molecule has 1 aliphatic rings. The van der Waals surface area contributed by atoms with Gasteiger partial charge in [0.05, 0.1) is 6.04 Å². The summed E-state index contributed by atoms with van der Waals surface area (Å²) in [5.41, 5.74) is 3.70. The lowest BCUT2D eigenvalue weighted by atomic mass is 9.80. The molecule has 0 aliphatic heterocycles. The van der Waals surface area contributed by atoms with Gasteiger partial charge in [0.15, 0.2) is 0 Å². The number of isocyanates is 1. The Morgan fingerprint density at radius 2 is 1.94 bits per heavy atom. The van der Waals surface area contributed by atoms with Crippen LogP contribution in [0.1, 0.15) is 54.8 Å². The summed E-state index contributed by atoms with van der Waals surface area (Å²) < 4.78 is 0. The van der Waals surface area contributed by atoms with Crippen LogP contribution in [0.2, 0.25) is 0 Å². The van der Waals surface area contributed by atoms with Gasteiger partial charge in [-0.3, -0.25) is 0 Å². The van der Waals surface area contributed by atoms with Crippen molar-refractivity contribution in [2.45, 2.75) is 52.0 Å². The average molecular weight is 243 g/mol. The molecule has 0 amide bonds. The summed E-state index contributed by atoms with van der Waals surface area (Å²) >= 11 is 0. The van der Waals surface area contributed by atoms with Crippen molar-refractivity contribution in [3.8, 4) is 0 Å². The van der Waals surface area contributed by atoms with E-state index in [1.54, 1.807) is 6.08 Å². The van der Waals surface area contributed by atoms with E-state index in [0.29, 0.717) is 5.92 Å². The van der Waals surface area contributed by atoms with E-state index in [1.165, 1.54) is 48.8 Å². The van der Waals surface area contributed by atoms with Crippen molar-refractivity contribution in [1.29, 1.82) is 0 Å². The second kappa shape index (κ2) is 5.97. The van der Waals surface area contributed by atoms with Crippen molar-refractivity contribution in [2.24, 2.45) is 10.9 Å². The number of benzene rings is 1. The predicted octanol–water partition coefficient (Wildman–Crippen LogP) is 4.26. The first kappa shape index (κ1) is 13.0. The van der Waals surface area contributed by atoms with Gasteiger partial charge in [-0.05, 0) is 43.7 Å². The minimum absolute atomic E-state index is 0.0170. The molecule has 0 heterocycles. The molecular weight excluding hydrogens is 222 g/mol. The van der Waals surface area contributed by atoms with Gasteiger partial charge < -0.3 is 0 Å². The van der Waals surface area contributed by atoms with Crippen LogP contribution in [0.25, 0.3) is 0 Å². The standard InChI is InChI=1S/C16H21NO/c1-12-8-9-15(13(2)10-12)16(17-11-18)14-6-4-3-5-7-14/h8-10,14,16H,3-7H2,1-2H3. The van der Waals surface area contributed by atoms with Gasteiger partial charge in [-0.25, -0.2) is 4.79 Å². The van der Waals surface area contributed by atoms with Crippen molar-refractivity contribution in [3.05, 3.63) is 34.9 Å². The van der Waals surface area contributed by atoms with Gasteiger partial charge in [0, 0.05) is 0 Å². The van der Waals surface area contributed by atoms with Gasteiger partial charge >= 0.3 is 0 Å². The Labute approximate surface area is 109 Å². The maximum absolute atomic E-state index is 10.7. The molecule has 1 saturated carbocycles. The third kappa shape index (κ3) is 2.88. The minimum Gasteiger partial charge on any atom is -0.211 e. The summed E-state index contributed by atoms with van der Waals surface area (Å²) in [6, 6.07) is 6.43. The first-order valence-electron chi connectivity index (χ1n) is 6.86. The maximum Gasteiger partial charge on any atom is 0.235 e. The molecule has 0 bridgehead atoms. The average Bonchev–Trinajstić information content (AvgIpc) is 2.38. The largest absolute Gasteiger partial charge is 0.235 e. The molecule has 1 fully saturated rings. The Morgan fingerprint density at radius 3 is 2.56 bits per heavy atom. The second-order valence-corrected chi connectivity index (χ2v) is 5.42. The smallest absolute Gasteiger partial charge is 0.211 e. The van der Waals surface area contributed by atoms with Crippen LogP contribution in [-0.2, 0) is 4.79 Å². The monoisotopic (exact) mass is 243 g/mol. The molecule has 1 atom stereocenters. The van der Waals surface area contributed by atoms with Crippen LogP contribution < -0.4 is 0 Å². The van der Waals surface area contributed by atoms with E-state index in [0.717, 1.165) is 0 Å². The van der Waals surface area contributed by atoms with Crippen LogP contribution in [0, 0.1) is 19.8 Å². The molecule has 1 aromatic carbocycles. The van der Waals surface area contributed by atoms with Crippen molar-refractivity contribution in [3.63, 3.8) is 0 Å². The maximum atomic E-state index is 10.7. The summed E-state index contributed by atoms with van der Waals surface area (Å²) in [5.74, 6) is 0.515. The first-order chi connectivity index (χ1) is 8.72. The van der Waals surface area contributed by atoms with Crippen LogP contribution >= 0.6 is 0 Å². The van der Waals surface area contributed by atoms with Gasteiger partial charge in [0.25, 0.3) is 0 Å². The molecule has 1 unspecified atom stereocenters. The Hall–Kier alpha value is -1.40. The van der Waals surface area contributed by atoms with Crippen LogP contribution in [0.3, 0.4) is 0 Å². The van der Waals surface area contributed by atoms with E-state index in [1.807, 2.05) is 0 Å². The summed E-state index contributed by atoms with van der Waals surface area (Å²) in [6.45, 7) is 4.20. The molecule has 0 saturated heterocycles. The zero-order chi connectivity index (χ0) is 13.0. The number of aliphatic imine (C=N–C) groups is 1. The van der Waals surface area contributed by atoms with E-state index in [9.17, 15) is 4.79 Å². The molecule has 0 aromatic heterocycles. The fourth-order valence-corrected chi connectivity index (χ4v) is 3.09. The number of aryl methyl sites for hydroxylation is 2. The fourth-order valence-electron chi connectivity index (χ4n) is 3.09. The lowest BCUT2D eigenvalue weighted by molar-refractivity contribution is 0.308. The molecule has 2 nitrogen and oxygen atoms in total. The molecule has 18 heavy (non-hydrogen) atoms. The third-order valence-corrected chi connectivity index (χ3v) is 4.03. The molecule has 1 aliphatic carbocycles. The minimum atomic E-state index is 0.0170. The fraction of sp³-hybridized carbons (Fsp3) is 0.562. The number of rotatable bonds is 3. The quantitative estimate of drug-likeness (QED) is 0.576. The molecule has 0 radical (unpaired) electrons. The van der Waals surface area contributed by atoms with E-state index in [4.69, 9.17) is 0 Å². The second-order valence-electron chi connectivity index (χ2n) is 5.42. The zero-order valence-corrected chi connectivity index (χ0v) is 11.3. The highest BCUT2D eigenvalue weighted by molar-refractivity contribution is 5.39. The van der Waals surface area contributed by atoms with E-state index < -0.39 is 0 Å². The summed E-state index contributed by atoms with van der Waals surface area (Å²) in [4.78, 5) is 14.8. The lowest BCUT2D eigenvalue weighted by Gasteiger charge is -2.28. The van der Waals surface area contributed by atoms with Gasteiger partial charge in [0.2, 0.25) is 6.08 Å². The summed E-state index contributed by atoms with van der Waals surface area (Å²) in [7, 11) is 0. The topological polar surface area (TPSA) is 29.4 Å². The highest BCUT2D eigenvalue weighted by Gasteiger charge is 2.25. The number of nitrogens with zero attached hydrogens (tertiary/aromatic N) is 1. The van der Waals surface area contributed by atoms with Crippen molar-refractivity contribution < 1.29 is 4.79 Å². The van der Waals surface area contributed by atoms with Crippen molar-refractivity contribution in [2.75, 3.05) is 0 Å². The number of carbonyl (C=O) groups excluding carboxylic acids is 1. The van der Waals surface area contributed by atoms with Crippen molar-refractivity contribution >= 4 is 6.08 Å². The van der Waals surface area contributed by atoms with Crippen LogP contribution in [0.5, 0.6) is 0 Å². The number of hydrogen-bond acceptors (Lipinski definition) is 2. The Morgan fingerprint density at radius 1 is 1.22 bits per heavy atom. The first-order valence-corrected chi connectivity index (χ1v) is 6.86. The predicted molar refractivity (Wildman–Crippen MR) is 73.4 cm³/mol. The molecule has 2 heteroatoms. The van der Waals surface area contributed by atoms with E-state index >= 15 is 0 Å². The van der Waals surface area contributed by atoms with Crippen LogP contribution in [0.4, 0.5) is 0 Å². The SMILES string of the molecule is Cc1ccc(C(N=C=O)C2CCCCC2)c(C)c1. The van der Waals surface area contributed by atoms with Crippen LogP contribution in [0.15, 0.2) is 23.2 Å². The summed E-state index contributed by atoms with van der Waals surface area (Å²) in [6.07, 6.45) is 8.00.